The first-order chi connectivity index (χ1) is 23.8. The number of benzene rings is 3. The quantitative estimate of drug-likeness (QED) is 0.0756. The second-order valence-corrected chi connectivity index (χ2v) is 12.2. The molecule has 49 heavy (non-hydrogen) atoms. The van der Waals surface area contributed by atoms with Crippen molar-refractivity contribution in [3.8, 4) is 0 Å². The number of nitrogens with zero attached hydrogens (tertiary/aromatic N) is 1. The number of esters is 1. The number of para-hydroxylation sites is 1. The Morgan fingerprint density at radius 2 is 1.65 bits per heavy atom. The van der Waals surface area contributed by atoms with Crippen molar-refractivity contribution in [1.82, 2.24) is 15.2 Å². The highest BCUT2D eigenvalue weighted by molar-refractivity contribution is 5.86. The minimum atomic E-state index is -0.720. The number of hydrogen-bond donors (Lipinski definition) is 3. The van der Waals surface area contributed by atoms with Crippen molar-refractivity contribution in [3.63, 3.8) is 0 Å². The van der Waals surface area contributed by atoms with Crippen molar-refractivity contribution in [2.45, 2.75) is 51.1 Å². The van der Waals surface area contributed by atoms with Gasteiger partial charge in [-0.3, -0.25) is 14.4 Å². The summed E-state index contributed by atoms with van der Waals surface area (Å²) in [5.74, 6) is -2.58. The Labute approximate surface area is 287 Å². The fourth-order valence-electron chi connectivity index (χ4n) is 5.91. The Kier molecular flexibility index (Phi) is 14.3. The van der Waals surface area contributed by atoms with Gasteiger partial charge >= 0.3 is 5.97 Å². The molecule has 0 unspecified atom stereocenters. The van der Waals surface area contributed by atoms with Crippen LogP contribution >= 0.6 is 0 Å². The molecule has 1 heterocycles. The van der Waals surface area contributed by atoms with Gasteiger partial charge in [0, 0.05) is 36.6 Å². The summed E-state index contributed by atoms with van der Waals surface area (Å²) in [6, 6.07) is 22.8. The van der Waals surface area contributed by atoms with E-state index in [9.17, 15) is 23.9 Å². The third-order valence-corrected chi connectivity index (χ3v) is 8.54. The molecule has 0 radical (unpaired) electrons. The van der Waals surface area contributed by atoms with Crippen molar-refractivity contribution in [2.75, 3.05) is 19.8 Å². The Bertz CT molecular complexity index is 1670. The average Bonchev–Trinajstić information content (AvgIpc) is 3.52. The number of ether oxygens (including phenoxy) is 1. The number of aromatic nitrogens is 1. The molecule has 2 amide bonds. The third-order valence-electron chi connectivity index (χ3n) is 8.54. The summed E-state index contributed by atoms with van der Waals surface area (Å²) >= 11 is 0. The van der Waals surface area contributed by atoms with Gasteiger partial charge in [-0.25, -0.2) is 4.39 Å². The molecule has 0 bridgehead atoms. The molecule has 0 saturated heterocycles. The maximum absolute atomic E-state index is 13.8. The lowest BCUT2D eigenvalue weighted by molar-refractivity contribution is -0.150. The molecule has 0 spiro atoms. The number of aliphatic hydroxyl groups is 1. The van der Waals surface area contributed by atoms with E-state index in [1.165, 1.54) is 12.1 Å². The predicted octanol–water partition coefficient (Wildman–Crippen LogP) is 6.31. The number of aliphatic hydroxyl groups excluding tert-OH is 1. The van der Waals surface area contributed by atoms with Crippen LogP contribution in [0.1, 0.15) is 42.4 Å². The van der Waals surface area contributed by atoms with Crippen LogP contribution in [0.25, 0.3) is 10.9 Å². The summed E-state index contributed by atoms with van der Waals surface area (Å²) in [4.78, 5) is 45.6. The van der Waals surface area contributed by atoms with Gasteiger partial charge in [0.25, 0.3) is 0 Å². The highest BCUT2D eigenvalue weighted by Crippen LogP contribution is 2.22. The smallest absolute Gasteiger partial charge is 0.309 e. The topological polar surface area (TPSA) is 112 Å². The maximum Gasteiger partial charge on any atom is 0.309 e. The molecule has 258 valence electrons. The van der Waals surface area contributed by atoms with Gasteiger partial charge in [0.05, 0.1) is 24.5 Å². The minimum absolute atomic E-state index is 0.0778. The number of nitrogens with one attached hydrogen (secondary N) is 2. The van der Waals surface area contributed by atoms with Crippen LogP contribution in [0.2, 0.25) is 0 Å². The van der Waals surface area contributed by atoms with Crippen molar-refractivity contribution < 1.29 is 28.6 Å². The number of carbonyl (C=O) groups is 3. The minimum Gasteiger partial charge on any atom is -0.463 e. The van der Waals surface area contributed by atoms with Crippen LogP contribution < -0.4 is 5.32 Å². The Morgan fingerprint density at radius 3 is 2.37 bits per heavy atom. The van der Waals surface area contributed by atoms with Crippen molar-refractivity contribution in [1.29, 1.82) is 0 Å². The molecule has 3 atom stereocenters. The molecule has 3 N–H and O–H groups in total. The first-order valence-corrected chi connectivity index (χ1v) is 16.7. The van der Waals surface area contributed by atoms with Gasteiger partial charge < -0.3 is 25.0 Å². The highest BCUT2D eigenvalue weighted by Gasteiger charge is 2.28. The summed E-state index contributed by atoms with van der Waals surface area (Å²) in [5, 5.41) is 13.7. The second kappa shape index (κ2) is 19.1. The van der Waals surface area contributed by atoms with Gasteiger partial charge in [-0.05, 0) is 67.0 Å². The van der Waals surface area contributed by atoms with E-state index in [4.69, 9.17) is 4.74 Å². The van der Waals surface area contributed by atoms with Gasteiger partial charge in [-0.2, -0.15) is 0 Å². The summed E-state index contributed by atoms with van der Waals surface area (Å²) in [7, 11) is 0. The van der Waals surface area contributed by atoms with Gasteiger partial charge in [0.2, 0.25) is 11.8 Å². The SMILES string of the molecule is C=CCC[C@@H](Cc1ccc(F)cc1)C(=O)OC[C@H](Cc1c[nH]c2ccccc12)NC(=O)[C@H](CC=C)CC(=O)N(CCO)Cc1ccccc1. The lowest BCUT2D eigenvalue weighted by Crippen LogP contribution is -2.45. The number of rotatable bonds is 20. The fourth-order valence-corrected chi connectivity index (χ4v) is 5.91. The number of carbonyl (C=O) groups excluding carboxylic acids is 3. The third kappa shape index (κ3) is 11.3. The van der Waals surface area contributed by atoms with Gasteiger partial charge in [-0.1, -0.05) is 72.8 Å². The summed E-state index contributed by atoms with van der Waals surface area (Å²) in [6.07, 6.45) is 7.28. The lowest BCUT2D eigenvalue weighted by atomic mass is 9.94. The number of H-pyrrole nitrogens is 1. The standard InChI is InChI=1S/C40H46FN3O5/c1-3-5-14-32(23-29-17-19-34(41)20-18-29)40(48)49-28-35(24-33-26-42-37-16-10-9-15-36(33)37)43-39(47)31(11-4-2)25-38(46)44(21-22-45)27-30-12-7-6-8-13-30/h3-4,6-10,12-13,15-20,26,31-32,35,42,45H,1-2,5,11,14,21-25,27-28H2,(H,43,47)/t31-,32+,35+/m1/s1. The Morgan fingerprint density at radius 1 is 0.918 bits per heavy atom. The van der Waals surface area contributed by atoms with E-state index in [-0.39, 0.29) is 50.2 Å². The number of halogens is 1. The zero-order chi connectivity index (χ0) is 35.0. The largest absolute Gasteiger partial charge is 0.463 e. The van der Waals surface area contributed by atoms with E-state index >= 15 is 0 Å². The molecule has 0 aliphatic carbocycles. The second-order valence-electron chi connectivity index (χ2n) is 12.2. The van der Waals surface area contributed by atoms with E-state index < -0.39 is 23.8 Å². The molecule has 8 nitrogen and oxygen atoms in total. The highest BCUT2D eigenvalue weighted by atomic mass is 19.1. The summed E-state index contributed by atoms with van der Waals surface area (Å²) in [6.45, 7) is 7.75. The first kappa shape index (κ1) is 36.8. The lowest BCUT2D eigenvalue weighted by Gasteiger charge is -2.26. The number of amides is 2. The number of fused-ring (bicyclic) bond motifs is 1. The van der Waals surface area contributed by atoms with Crippen LogP contribution in [-0.2, 0) is 38.5 Å². The molecule has 0 saturated carbocycles. The molecule has 0 aliphatic heterocycles. The Balaban J connectivity index is 1.50. The molecule has 9 heteroatoms. The molecule has 4 aromatic rings. The normalized spacial score (nSPS) is 12.9. The van der Waals surface area contributed by atoms with Crippen LogP contribution in [0.3, 0.4) is 0 Å². The molecule has 0 fully saturated rings. The molecular weight excluding hydrogens is 621 g/mol. The van der Waals surface area contributed by atoms with Gasteiger partial charge in [0.1, 0.15) is 12.4 Å². The van der Waals surface area contributed by atoms with E-state index in [0.717, 1.165) is 27.6 Å². The van der Waals surface area contributed by atoms with E-state index in [1.807, 2.05) is 60.8 Å². The van der Waals surface area contributed by atoms with Crippen molar-refractivity contribution in [3.05, 3.63) is 133 Å². The molecule has 1 aromatic heterocycles. The van der Waals surface area contributed by atoms with Crippen LogP contribution in [0, 0.1) is 17.7 Å². The monoisotopic (exact) mass is 667 g/mol. The first-order valence-electron chi connectivity index (χ1n) is 16.7. The molecule has 0 aliphatic rings. The number of aromatic amines is 1. The van der Waals surface area contributed by atoms with Gasteiger partial charge in [-0.15, -0.1) is 13.2 Å². The number of allylic oxidation sites excluding steroid dienone is 2. The fraction of sp³-hybridized carbons (Fsp3) is 0.325. The number of hydrogen-bond acceptors (Lipinski definition) is 5. The van der Waals surface area contributed by atoms with Crippen LogP contribution in [0.4, 0.5) is 4.39 Å². The Hall–Kier alpha value is -5.02. The maximum atomic E-state index is 13.8. The zero-order valence-electron chi connectivity index (χ0n) is 27.9. The van der Waals surface area contributed by atoms with Crippen LogP contribution in [0.15, 0.2) is 110 Å². The molecule has 3 aromatic carbocycles. The van der Waals surface area contributed by atoms with Crippen molar-refractivity contribution in [2.24, 2.45) is 11.8 Å². The van der Waals surface area contributed by atoms with Crippen LogP contribution in [-0.4, -0.2) is 58.6 Å². The van der Waals surface area contributed by atoms with Crippen molar-refractivity contribution >= 4 is 28.7 Å². The van der Waals surface area contributed by atoms with E-state index in [2.05, 4.69) is 23.5 Å². The van der Waals surface area contributed by atoms with Crippen LogP contribution in [0.5, 0.6) is 0 Å². The van der Waals surface area contributed by atoms with E-state index in [0.29, 0.717) is 32.2 Å². The average molecular weight is 668 g/mol. The summed E-state index contributed by atoms with van der Waals surface area (Å²) < 4.78 is 19.4. The predicted molar refractivity (Wildman–Crippen MR) is 190 cm³/mol. The van der Waals surface area contributed by atoms with Gasteiger partial charge in [0.15, 0.2) is 0 Å². The summed E-state index contributed by atoms with van der Waals surface area (Å²) in [5.41, 5.74) is 3.62. The van der Waals surface area contributed by atoms with E-state index in [1.54, 1.807) is 29.2 Å². The molecular formula is C40H46FN3O5. The zero-order valence-corrected chi connectivity index (χ0v) is 27.9. The molecule has 4 rings (SSSR count).